The highest BCUT2D eigenvalue weighted by Crippen LogP contribution is 2.26. The Morgan fingerprint density at radius 3 is 2.62 bits per heavy atom. The Morgan fingerprint density at radius 2 is 1.96 bits per heavy atom. The van der Waals surface area contributed by atoms with Gasteiger partial charge in [-0.25, -0.2) is 4.39 Å². The minimum absolute atomic E-state index is 0.146. The van der Waals surface area contributed by atoms with Gasteiger partial charge in [0.2, 0.25) is 0 Å². The first-order chi connectivity index (χ1) is 12.6. The predicted octanol–water partition coefficient (Wildman–Crippen LogP) is 3.57. The number of halogens is 1. The zero-order valence-corrected chi connectivity index (χ0v) is 15.3. The number of hydrogen-bond acceptors (Lipinski definition) is 3. The predicted molar refractivity (Wildman–Crippen MR) is 101 cm³/mol. The topological polar surface area (TPSA) is 41.6 Å². The van der Waals surface area contributed by atoms with Gasteiger partial charge in [-0.1, -0.05) is 18.2 Å². The Hall–Kier alpha value is -2.40. The Balaban J connectivity index is 1.77. The van der Waals surface area contributed by atoms with E-state index in [2.05, 4.69) is 5.32 Å². The van der Waals surface area contributed by atoms with E-state index < -0.39 is 5.82 Å². The van der Waals surface area contributed by atoms with Crippen molar-refractivity contribution in [1.82, 2.24) is 10.2 Å². The van der Waals surface area contributed by atoms with Crippen LogP contribution in [0.4, 0.5) is 4.39 Å². The van der Waals surface area contributed by atoms with E-state index in [1.807, 2.05) is 31.3 Å². The van der Waals surface area contributed by atoms with Crippen LogP contribution in [0.5, 0.6) is 5.75 Å². The molecule has 0 saturated carbocycles. The van der Waals surface area contributed by atoms with Crippen LogP contribution in [0.1, 0.15) is 23.2 Å². The van der Waals surface area contributed by atoms with Gasteiger partial charge in [0.25, 0.3) is 5.91 Å². The van der Waals surface area contributed by atoms with Crippen LogP contribution in [0.2, 0.25) is 0 Å². The van der Waals surface area contributed by atoms with Crippen LogP contribution in [-0.2, 0) is 0 Å². The SMILES string of the molecule is CNCC1CCCN(C(=O)c2ccc(-c3ccc(OC)cc3)cc2F)C1. The molecule has 1 N–H and O–H groups in total. The highest BCUT2D eigenvalue weighted by molar-refractivity contribution is 5.95. The summed E-state index contributed by atoms with van der Waals surface area (Å²) in [6.45, 7) is 2.25. The van der Waals surface area contributed by atoms with Gasteiger partial charge in [0.05, 0.1) is 12.7 Å². The normalized spacial score (nSPS) is 17.2. The third kappa shape index (κ3) is 4.05. The Kier molecular flexibility index (Phi) is 5.89. The molecule has 5 heteroatoms. The molecule has 1 atom stereocenters. The van der Waals surface area contributed by atoms with Gasteiger partial charge in [-0.2, -0.15) is 0 Å². The molecule has 4 nitrogen and oxygen atoms in total. The summed E-state index contributed by atoms with van der Waals surface area (Å²) in [5.74, 6) is 0.491. The molecule has 1 amide bonds. The molecule has 1 aliphatic heterocycles. The zero-order chi connectivity index (χ0) is 18.5. The number of ether oxygens (including phenoxy) is 1. The van der Waals surface area contributed by atoms with E-state index in [-0.39, 0.29) is 11.5 Å². The number of benzene rings is 2. The maximum absolute atomic E-state index is 14.6. The van der Waals surface area contributed by atoms with Crippen molar-refractivity contribution in [2.75, 3.05) is 33.8 Å². The fourth-order valence-electron chi connectivity index (χ4n) is 3.53. The summed E-state index contributed by atoms with van der Waals surface area (Å²) < 4.78 is 19.8. The molecule has 26 heavy (non-hydrogen) atoms. The van der Waals surface area contributed by atoms with Crippen LogP contribution in [-0.4, -0.2) is 44.6 Å². The number of carbonyl (C=O) groups excluding carboxylic acids is 1. The average Bonchev–Trinajstić information content (AvgIpc) is 2.68. The van der Waals surface area contributed by atoms with Crippen molar-refractivity contribution in [1.29, 1.82) is 0 Å². The zero-order valence-electron chi connectivity index (χ0n) is 15.3. The maximum atomic E-state index is 14.6. The largest absolute Gasteiger partial charge is 0.497 e. The number of piperidine rings is 1. The van der Waals surface area contributed by atoms with Gasteiger partial charge in [-0.3, -0.25) is 4.79 Å². The van der Waals surface area contributed by atoms with Crippen molar-refractivity contribution in [3.05, 3.63) is 53.8 Å². The molecule has 1 unspecified atom stereocenters. The van der Waals surface area contributed by atoms with Crippen LogP contribution in [0.3, 0.4) is 0 Å². The molecule has 1 heterocycles. The second-order valence-corrected chi connectivity index (χ2v) is 6.74. The van der Waals surface area contributed by atoms with Crippen molar-refractivity contribution < 1.29 is 13.9 Å². The molecule has 0 bridgehead atoms. The molecule has 0 radical (unpaired) electrons. The minimum Gasteiger partial charge on any atom is -0.497 e. The molecule has 1 aliphatic rings. The lowest BCUT2D eigenvalue weighted by Gasteiger charge is -2.32. The van der Waals surface area contributed by atoms with Crippen molar-refractivity contribution >= 4 is 5.91 Å². The number of carbonyl (C=O) groups is 1. The Bertz CT molecular complexity index is 759. The van der Waals surface area contributed by atoms with Crippen LogP contribution in [0.15, 0.2) is 42.5 Å². The highest BCUT2D eigenvalue weighted by atomic mass is 19.1. The lowest BCUT2D eigenvalue weighted by atomic mass is 9.97. The summed E-state index contributed by atoms with van der Waals surface area (Å²) in [6.07, 6.45) is 2.06. The summed E-state index contributed by atoms with van der Waals surface area (Å²) in [6, 6.07) is 12.3. The molecule has 0 aliphatic carbocycles. The second kappa shape index (κ2) is 8.32. The number of nitrogens with zero attached hydrogens (tertiary/aromatic N) is 1. The molecular weight excluding hydrogens is 331 g/mol. The number of likely N-dealkylation sites (tertiary alicyclic amines) is 1. The summed E-state index contributed by atoms with van der Waals surface area (Å²) in [5, 5.41) is 3.16. The quantitative estimate of drug-likeness (QED) is 0.890. The van der Waals surface area contributed by atoms with Crippen molar-refractivity contribution in [3.63, 3.8) is 0 Å². The van der Waals surface area contributed by atoms with Crippen molar-refractivity contribution in [2.45, 2.75) is 12.8 Å². The second-order valence-electron chi connectivity index (χ2n) is 6.74. The van der Waals surface area contributed by atoms with Gasteiger partial charge >= 0.3 is 0 Å². The third-order valence-electron chi connectivity index (χ3n) is 4.92. The molecular formula is C21H25FN2O2. The number of methoxy groups -OCH3 is 1. The summed E-state index contributed by atoms with van der Waals surface area (Å²) in [5.41, 5.74) is 1.77. The minimum atomic E-state index is -0.473. The molecule has 1 fully saturated rings. The average molecular weight is 356 g/mol. The lowest BCUT2D eigenvalue weighted by molar-refractivity contribution is 0.0669. The summed E-state index contributed by atoms with van der Waals surface area (Å²) in [7, 11) is 3.52. The highest BCUT2D eigenvalue weighted by Gasteiger charge is 2.25. The number of rotatable bonds is 5. The van der Waals surface area contributed by atoms with E-state index in [1.54, 1.807) is 24.1 Å². The van der Waals surface area contributed by atoms with E-state index >= 15 is 0 Å². The molecule has 2 aromatic carbocycles. The number of nitrogens with one attached hydrogen (secondary N) is 1. The first-order valence-corrected chi connectivity index (χ1v) is 9.00. The Labute approximate surface area is 154 Å². The van der Waals surface area contributed by atoms with Crippen molar-refractivity contribution in [3.8, 4) is 16.9 Å². The molecule has 0 spiro atoms. The van der Waals surface area contributed by atoms with Crippen molar-refractivity contribution in [2.24, 2.45) is 5.92 Å². The Morgan fingerprint density at radius 1 is 1.23 bits per heavy atom. The van der Waals surface area contributed by atoms with Gasteiger partial charge in [-0.15, -0.1) is 0 Å². The first kappa shape index (κ1) is 18.4. The third-order valence-corrected chi connectivity index (χ3v) is 4.92. The van der Waals surface area contributed by atoms with E-state index in [1.165, 1.54) is 6.07 Å². The molecule has 138 valence electrons. The maximum Gasteiger partial charge on any atom is 0.256 e. The fourth-order valence-corrected chi connectivity index (χ4v) is 3.53. The molecule has 3 rings (SSSR count). The monoisotopic (exact) mass is 356 g/mol. The fraction of sp³-hybridized carbons (Fsp3) is 0.381. The van der Waals surface area contributed by atoms with Crippen LogP contribution in [0.25, 0.3) is 11.1 Å². The summed E-state index contributed by atoms with van der Waals surface area (Å²) >= 11 is 0. The molecule has 1 saturated heterocycles. The standard InChI is InChI=1S/C21H25FN2O2/c1-23-13-15-4-3-11-24(14-15)21(25)19-10-7-17(12-20(19)22)16-5-8-18(26-2)9-6-16/h5-10,12,15,23H,3-4,11,13-14H2,1-2H3. The number of amides is 1. The van der Waals surface area contributed by atoms with Gasteiger partial charge in [0.1, 0.15) is 11.6 Å². The molecule has 0 aromatic heterocycles. The van der Waals surface area contributed by atoms with Crippen LogP contribution < -0.4 is 10.1 Å². The van der Waals surface area contributed by atoms with E-state index in [0.717, 1.165) is 36.3 Å². The van der Waals surface area contributed by atoms with E-state index in [9.17, 15) is 9.18 Å². The number of hydrogen-bond donors (Lipinski definition) is 1. The first-order valence-electron chi connectivity index (χ1n) is 9.00. The van der Waals surface area contributed by atoms with Crippen LogP contribution >= 0.6 is 0 Å². The van der Waals surface area contributed by atoms with Crippen LogP contribution in [0, 0.1) is 11.7 Å². The van der Waals surface area contributed by atoms with Gasteiger partial charge in [0, 0.05) is 13.1 Å². The van der Waals surface area contributed by atoms with Gasteiger partial charge in [-0.05, 0) is 67.7 Å². The smallest absolute Gasteiger partial charge is 0.256 e. The van der Waals surface area contributed by atoms with E-state index in [4.69, 9.17) is 4.74 Å². The lowest BCUT2D eigenvalue weighted by Crippen LogP contribution is -2.42. The van der Waals surface area contributed by atoms with E-state index in [0.29, 0.717) is 19.0 Å². The van der Waals surface area contributed by atoms with Gasteiger partial charge in [0.15, 0.2) is 0 Å². The van der Waals surface area contributed by atoms with Gasteiger partial charge < -0.3 is 15.0 Å². The summed E-state index contributed by atoms with van der Waals surface area (Å²) in [4.78, 5) is 14.5. The molecule has 2 aromatic rings.